The molecule has 1 saturated heterocycles. The molecule has 6 nitrogen and oxygen atoms in total. The lowest BCUT2D eigenvalue weighted by atomic mass is 9.95. The zero-order valence-corrected chi connectivity index (χ0v) is 20.2. The van der Waals surface area contributed by atoms with Gasteiger partial charge in [0.25, 0.3) is 5.91 Å². The monoisotopic (exact) mass is 447 g/mol. The van der Waals surface area contributed by atoms with Crippen molar-refractivity contribution in [3.63, 3.8) is 0 Å². The molecule has 6 heteroatoms. The molecule has 1 aromatic heterocycles. The first-order chi connectivity index (χ1) is 15.8. The van der Waals surface area contributed by atoms with Gasteiger partial charge in [-0.2, -0.15) is 0 Å². The molecule has 3 aromatic rings. The molecule has 0 aliphatic carbocycles. The summed E-state index contributed by atoms with van der Waals surface area (Å²) in [4.78, 5) is 15.7. The number of carbonyl (C=O) groups is 1. The van der Waals surface area contributed by atoms with E-state index in [0.717, 1.165) is 65.5 Å². The molecule has 33 heavy (non-hydrogen) atoms. The number of hydrogen-bond donors (Lipinski definition) is 1. The Morgan fingerprint density at radius 3 is 2.36 bits per heavy atom. The molecular weight excluding hydrogens is 414 g/mol. The number of rotatable bonds is 6. The van der Waals surface area contributed by atoms with E-state index in [-0.39, 0.29) is 5.91 Å². The molecule has 1 aliphatic rings. The summed E-state index contributed by atoms with van der Waals surface area (Å²) in [6.07, 6.45) is 1.97. The lowest BCUT2D eigenvalue weighted by Gasteiger charge is -2.34. The molecule has 4 rings (SSSR count). The third-order valence-electron chi connectivity index (χ3n) is 6.80. The predicted molar refractivity (Wildman–Crippen MR) is 131 cm³/mol. The van der Waals surface area contributed by atoms with Gasteiger partial charge in [-0.05, 0) is 69.4 Å². The minimum absolute atomic E-state index is 0.108. The molecule has 0 atom stereocenters. The van der Waals surface area contributed by atoms with Crippen LogP contribution in [0.3, 0.4) is 0 Å². The Kier molecular flexibility index (Phi) is 6.84. The van der Waals surface area contributed by atoms with Gasteiger partial charge in [0.2, 0.25) is 0 Å². The SMILES string of the molecule is Cc1ccc(-c2cc(C(=O)NCc3noc(C)c3C)c(C)c(N(C)C3CCOCC3)c2)cc1. The molecule has 0 radical (unpaired) electrons. The molecule has 2 heterocycles. The number of nitrogens with one attached hydrogen (secondary N) is 1. The van der Waals surface area contributed by atoms with Crippen molar-refractivity contribution in [2.45, 2.75) is 53.1 Å². The van der Waals surface area contributed by atoms with E-state index in [9.17, 15) is 4.79 Å². The van der Waals surface area contributed by atoms with Gasteiger partial charge in [-0.25, -0.2) is 0 Å². The van der Waals surface area contributed by atoms with Crippen LogP contribution in [0.1, 0.15) is 51.3 Å². The van der Waals surface area contributed by atoms with Crippen molar-refractivity contribution in [2.24, 2.45) is 0 Å². The quantitative estimate of drug-likeness (QED) is 0.568. The topological polar surface area (TPSA) is 67.6 Å². The first-order valence-electron chi connectivity index (χ1n) is 11.6. The first-order valence-corrected chi connectivity index (χ1v) is 11.6. The molecule has 1 N–H and O–H groups in total. The van der Waals surface area contributed by atoms with E-state index in [2.05, 4.69) is 59.7 Å². The molecular formula is C27H33N3O3. The van der Waals surface area contributed by atoms with Gasteiger partial charge < -0.3 is 19.5 Å². The summed E-state index contributed by atoms with van der Waals surface area (Å²) in [5.74, 6) is 0.667. The molecule has 1 aliphatic heterocycles. The van der Waals surface area contributed by atoms with Crippen LogP contribution in [0.4, 0.5) is 5.69 Å². The average Bonchev–Trinajstić information content (AvgIpc) is 3.15. The largest absolute Gasteiger partial charge is 0.381 e. The van der Waals surface area contributed by atoms with Crippen LogP contribution in [0.25, 0.3) is 11.1 Å². The van der Waals surface area contributed by atoms with Crippen LogP contribution < -0.4 is 10.2 Å². The van der Waals surface area contributed by atoms with Gasteiger partial charge in [-0.1, -0.05) is 35.0 Å². The minimum Gasteiger partial charge on any atom is -0.381 e. The highest BCUT2D eigenvalue weighted by Gasteiger charge is 2.23. The van der Waals surface area contributed by atoms with Crippen molar-refractivity contribution >= 4 is 11.6 Å². The fourth-order valence-electron chi connectivity index (χ4n) is 4.37. The van der Waals surface area contributed by atoms with Crippen LogP contribution >= 0.6 is 0 Å². The summed E-state index contributed by atoms with van der Waals surface area (Å²) in [5, 5.41) is 7.12. The summed E-state index contributed by atoms with van der Waals surface area (Å²) < 4.78 is 10.8. The Hall–Kier alpha value is -3.12. The molecule has 0 saturated carbocycles. The fourth-order valence-corrected chi connectivity index (χ4v) is 4.37. The Morgan fingerprint density at radius 2 is 1.73 bits per heavy atom. The molecule has 0 bridgehead atoms. The highest BCUT2D eigenvalue weighted by Crippen LogP contribution is 2.33. The van der Waals surface area contributed by atoms with E-state index in [4.69, 9.17) is 9.26 Å². The van der Waals surface area contributed by atoms with Gasteiger partial charge >= 0.3 is 0 Å². The predicted octanol–water partition coefficient (Wildman–Crippen LogP) is 5.12. The Balaban J connectivity index is 1.69. The number of anilines is 1. The van der Waals surface area contributed by atoms with E-state index < -0.39 is 0 Å². The Morgan fingerprint density at radius 1 is 1.03 bits per heavy atom. The lowest BCUT2D eigenvalue weighted by Crippen LogP contribution is -2.37. The summed E-state index contributed by atoms with van der Waals surface area (Å²) >= 11 is 0. The second-order valence-corrected chi connectivity index (χ2v) is 8.98. The van der Waals surface area contributed by atoms with Crippen LogP contribution in [-0.2, 0) is 11.3 Å². The molecule has 1 fully saturated rings. The van der Waals surface area contributed by atoms with Gasteiger partial charge in [-0.3, -0.25) is 4.79 Å². The summed E-state index contributed by atoms with van der Waals surface area (Å²) in [5.41, 5.74) is 7.81. The van der Waals surface area contributed by atoms with Crippen molar-refractivity contribution in [1.29, 1.82) is 0 Å². The number of hydrogen-bond acceptors (Lipinski definition) is 5. The molecule has 2 aromatic carbocycles. The van der Waals surface area contributed by atoms with E-state index in [1.165, 1.54) is 5.56 Å². The minimum atomic E-state index is -0.108. The zero-order chi connectivity index (χ0) is 23.5. The van der Waals surface area contributed by atoms with E-state index in [1.807, 2.05) is 26.8 Å². The van der Waals surface area contributed by atoms with E-state index in [0.29, 0.717) is 18.2 Å². The van der Waals surface area contributed by atoms with Gasteiger partial charge in [-0.15, -0.1) is 0 Å². The number of aryl methyl sites for hydroxylation is 2. The zero-order valence-electron chi connectivity index (χ0n) is 20.2. The number of amides is 1. The van der Waals surface area contributed by atoms with Crippen molar-refractivity contribution in [1.82, 2.24) is 10.5 Å². The first kappa shape index (κ1) is 23.1. The normalized spacial score (nSPS) is 14.3. The smallest absolute Gasteiger partial charge is 0.251 e. The highest BCUT2D eigenvalue weighted by atomic mass is 16.5. The van der Waals surface area contributed by atoms with Gasteiger partial charge in [0, 0.05) is 43.1 Å². The second kappa shape index (κ2) is 9.79. The number of ether oxygens (including phenoxy) is 1. The summed E-state index contributed by atoms with van der Waals surface area (Å²) in [6.45, 7) is 9.82. The summed E-state index contributed by atoms with van der Waals surface area (Å²) in [6, 6.07) is 13.0. The van der Waals surface area contributed by atoms with Crippen molar-refractivity contribution in [3.05, 3.63) is 70.1 Å². The number of benzene rings is 2. The highest BCUT2D eigenvalue weighted by molar-refractivity contribution is 5.98. The van der Waals surface area contributed by atoms with Crippen molar-refractivity contribution in [3.8, 4) is 11.1 Å². The molecule has 1 amide bonds. The third kappa shape index (κ3) is 4.96. The van der Waals surface area contributed by atoms with Gasteiger partial charge in [0.05, 0.1) is 6.54 Å². The van der Waals surface area contributed by atoms with Gasteiger partial charge in [0.15, 0.2) is 0 Å². The van der Waals surface area contributed by atoms with Crippen LogP contribution in [0.15, 0.2) is 40.9 Å². The van der Waals surface area contributed by atoms with Crippen LogP contribution in [0, 0.1) is 27.7 Å². The standard InChI is InChI=1S/C27H33N3O3/c1-17-6-8-21(9-7-17)22-14-24(27(31)28-16-25-18(2)20(4)33-29-25)19(3)26(15-22)30(5)23-10-12-32-13-11-23/h6-9,14-15,23H,10-13,16H2,1-5H3,(H,28,31). The fraction of sp³-hybridized carbons (Fsp3) is 0.407. The molecule has 0 unspecified atom stereocenters. The second-order valence-electron chi connectivity index (χ2n) is 8.98. The number of carbonyl (C=O) groups excluding carboxylic acids is 1. The number of aromatic nitrogens is 1. The van der Waals surface area contributed by atoms with Crippen LogP contribution in [0.2, 0.25) is 0 Å². The molecule has 0 spiro atoms. The maximum atomic E-state index is 13.3. The molecule has 174 valence electrons. The summed E-state index contributed by atoms with van der Waals surface area (Å²) in [7, 11) is 2.13. The Labute approximate surface area is 195 Å². The van der Waals surface area contributed by atoms with Gasteiger partial charge in [0.1, 0.15) is 11.5 Å². The van der Waals surface area contributed by atoms with E-state index >= 15 is 0 Å². The van der Waals surface area contributed by atoms with Crippen molar-refractivity contribution in [2.75, 3.05) is 25.2 Å². The van der Waals surface area contributed by atoms with Crippen LogP contribution in [-0.4, -0.2) is 37.4 Å². The average molecular weight is 448 g/mol. The maximum absolute atomic E-state index is 13.3. The maximum Gasteiger partial charge on any atom is 0.251 e. The lowest BCUT2D eigenvalue weighted by molar-refractivity contribution is 0.0854. The third-order valence-corrected chi connectivity index (χ3v) is 6.80. The Bertz CT molecular complexity index is 1130. The van der Waals surface area contributed by atoms with E-state index in [1.54, 1.807) is 0 Å². The number of nitrogens with zero attached hydrogens (tertiary/aromatic N) is 2. The van der Waals surface area contributed by atoms with Crippen molar-refractivity contribution < 1.29 is 14.1 Å². The van der Waals surface area contributed by atoms with Crippen LogP contribution in [0.5, 0.6) is 0 Å².